The summed E-state index contributed by atoms with van der Waals surface area (Å²) in [5.41, 5.74) is 0.842. The van der Waals surface area contributed by atoms with E-state index >= 15 is 0 Å². The Balaban J connectivity index is 1.97. The van der Waals surface area contributed by atoms with Gasteiger partial charge in [-0.2, -0.15) is 5.10 Å². The SMILES string of the molecule is Cc1nc(CC(=O)Cc2ncnn2C)cs1. The van der Waals surface area contributed by atoms with Crippen LogP contribution in [-0.4, -0.2) is 25.5 Å². The van der Waals surface area contributed by atoms with E-state index in [9.17, 15) is 4.79 Å². The smallest absolute Gasteiger partial charge is 0.146 e. The molecule has 16 heavy (non-hydrogen) atoms. The maximum atomic E-state index is 11.7. The molecule has 0 bridgehead atoms. The first-order valence-corrected chi connectivity index (χ1v) is 5.78. The number of aryl methyl sites for hydroxylation is 2. The maximum absolute atomic E-state index is 11.7. The van der Waals surface area contributed by atoms with Crippen LogP contribution >= 0.6 is 11.3 Å². The largest absolute Gasteiger partial charge is 0.299 e. The third-order valence-electron chi connectivity index (χ3n) is 2.21. The highest BCUT2D eigenvalue weighted by Gasteiger charge is 2.10. The van der Waals surface area contributed by atoms with Gasteiger partial charge in [0.05, 0.1) is 17.1 Å². The second kappa shape index (κ2) is 4.52. The fourth-order valence-corrected chi connectivity index (χ4v) is 2.02. The molecular formula is C10H12N4OS. The van der Waals surface area contributed by atoms with E-state index in [2.05, 4.69) is 15.1 Å². The Kier molecular flexibility index (Phi) is 3.09. The van der Waals surface area contributed by atoms with Crippen molar-refractivity contribution in [2.24, 2.45) is 7.05 Å². The summed E-state index contributed by atoms with van der Waals surface area (Å²) in [6, 6.07) is 0. The van der Waals surface area contributed by atoms with E-state index in [0.29, 0.717) is 18.7 Å². The summed E-state index contributed by atoms with van der Waals surface area (Å²) < 4.78 is 1.62. The van der Waals surface area contributed by atoms with Crippen LogP contribution in [0.25, 0.3) is 0 Å². The summed E-state index contributed by atoms with van der Waals surface area (Å²) in [6.45, 7) is 1.93. The predicted molar refractivity (Wildman–Crippen MR) is 60.3 cm³/mol. The van der Waals surface area contributed by atoms with Crippen molar-refractivity contribution in [3.05, 3.63) is 28.2 Å². The third kappa shape index (κ3) is 2.52. The van der Waals surface area contributed by atoms with E-state index in [-0.39, 0.29) is 5.78 Å². The molecule has 6 heteroatoms. The van der Waals surface area contributed by atoms with Crippen molar-refractivity contribution < 1.29 is 4.79 Å². The first-order valence-electron chi connectivity index (χ1n) is 4.90. The molecule has 0 saturated heterocycles. The van der Waals surface area contributed by atoms with Gasteiger partial charge in [-0.3, -0.25) is 9.48 Å². The molecule has 0 aromatic carbocycles. The highest BCUT2D eigenvalue weighted by atomic mass is 32.1. The van der Waals surface area contributed by atoms with Crippen LogP contribution in [0.15, 0.2) is 11.7 Å². The van der Waals surface area contributed by atoms with Crippen LogP contribution in [0.2, 0.25) is 0 Å². The number of hydrogen-bond donors (Lipinski definition) is 0. The average molecular weight is 236 g/mol. The zero-order valence-electron chi connectivity index (χ0n) is 9.17. The lowest BCUT2D eigenvalue weighted by Crippen LogP contribution is -2.11. The monoisotopic (exact) mass is 236 g/mol. The van der Waals surface area contributed by atoms with E-state index < -0.39 is 0 Å². The molecule has 2 heterocycles. The molecule has 2 aromatic heterocycles. The van der Waals surface area contributed by atoms with Gasteiger partial charge >= 0.3 is 0 Å². The van der Waals surface area contributed by atoms with Crippen LogP contribution in [0.3, 0.4) is 0 Å². The fourth-order valence-electron chi connectivity index (χ4n) is 1.41. The summed E-state index contributed by atoms with van der Waals surface area (Å²) in [5.74, 6) is 0.804. The molecule has 0 saturated carbocycles. The van der Waals surface area contributed by atoms with Gasteiger partial charge in [-0.15, -0.1) is 11.3 Å². The van der Waals surface area contributed by atoms with Crippen molar-refractivity contribution >= 4 is 17.1 Å². The summed E-state index contributed by atoms with van der Waals surface area (Å²) >= 11 is 1.56. The van der Waals surface area contributed by atoms with Gasteiger partial charge in [-0.1, -0.05) is 0 Å². The first kappa shape index (κ1) is 10.9. The van der Waals surface area contributed by atoms with E-state index in [4.69, 9.17) is 0 Å². The zero-order chi connectivity index (χ0) is 11.5. The van der Waals surface area contributed by atoms with Crippen LogP contribution < -0.4 is 0 Å². The van der Waals surface area contributed by atoms with Crippen molar-refractivity contribution in [3.8, 4) is 0 Å². The number of rotatable bonds is 4. The second-order valence-corrected chi connectivity index (χ2v) is 4.61. The summed E-state index contributed by atoms with van der Waals surface area (Å²) in [5, 5.41) is 6.83. The molecule has 0 aliphatic heterocycles. The van der Waals surface area contributed by atoms with Gasteiger partial charge in [0.2, 0.25) is 0 Å². The summed E-state index contributed by atoms with van der Waals surface area (Å²) in [6.07, 6.45) is 2.14. The molecular weight excluding hydrogens is 224 g/mol. The van der Waals surface area contributed by atoms with Gasteiger partial charge in [0, 0.05) is 18.8 Å². The molecule has 0 spiro atoms. The average Bonchev–Trinajstić information content (AvgIpc) is 2.77. The Labute approximate surface area is 97.2 Å². The molecule has 0 radical (unpaired) electrons. The van der Waals surface area contributed by atoms with Gasteiger partial charge in [0.15, 0.2) is 0 Å². The number of Topliss-reactive ketones (excluding diaryl/α,β-unsaturated/α-hetero) is 1. The predicted octanol–water partition coefficient (Wildman–Crippen LogP) is 0.934. The first-order chi connectivity index (χ1) is 7.65. The number of thiazole rings is 1. The van der Waals surface area contributed by atoms with Gasteiger partial charge in [-0.25, -0.2) is 9.97 Å². The summed E-state index contributed by atoms with van der Waals surface area (Å²) in [7, 11) is 1.78. The molecule has 0 aliphatic rings. The van der Waals surface area contributed by atoms with Crippen LogP contribution in [0.1, 0.15) is 16.5 Å². The molecule has 0 amide bonds. The molecule has 2 rings (SSSR count). The molecule has 0 unspecified atom stereocenters. The number of ketones is 1. The molecule has 2 aromatic rings. The number of aromatic nitrogens is 4. The van der Waals surface area contributed by atoms with Crippen molar-refractivity contribution in [2.75, 3.05) is 0 Å². The molecule has 0 aliphatic carbocycles. The molecule has 0 fully saturated rings. The van der Waals surface area contributed by atoms with E-state index in [0.717, 1.165) is 10.7 Å². The van der Waals surface area contributed by atoms with E-state index in [1.807, 2.05) is 12.3 Å². The minimum absolute atomic E-state index is 0.112. The van der Waals surface area contributed by atoms with Crippen LogP contribution in [-0.2, 0) is 24.7 Å². The third-order valence-corrected chi connectivity index (χ3v) is 3.03. The quantitative estimate of drug-likeness (QED) is 0.792. The maximum Gasteiger partial charge on any atom is 0.146 e. The van der Waals surface area contributed by atoms with Gasteiger partial charge < -0.3 is 0 Å². The highest BCUT2D eigenvalue weighted by molar-refractivity contribution is 7.09. The van der Waals surface area contributed by atoms with Crippen LogP contribution in [0.4, 0.5) is 0 Å². The number of nitrogens with zero attached hydrogens (tertiary/aromatic N) is 4. The fraction of sp³-hybridized carbons (Fsp3) is 0.400. The van der Waals surface area contributed by atoms with Crippen molar-refractivity contribution in [1.29, 1.82) is 0 Å². The molecule has 5 nitrogen and oxygen atoms in total. The van der Waals surface area contributed by atoms with E-state index in [1.165, 1.54) is 6.33 Å². The molecule has 0 atom stereocenters. The standard InChI is InChI=1S/C10H12N4OS/c1-7-13-8(5-16-7)3-9(15)4-10-11-6-12-14(10)2/h5-6H,3-4H2,1-2H3. The molecule has 84 valence electrons. The Bertz CT molecular complexity index is 502. The van der Waals surface area contributed by atoms with Gasteiger partial charge in [0.25, 0.3) is 0 Å². The minimum Gasteiger partial charge on any atom is -0.299 e. The van der Waals surface area contributed by atoms with Crippen LogP contribution in [0.5, 0.6) is 0 Å². The zero-order valence-corrected chi connectivity index (χ0v) is 9.99. The van der Waals surface area contributed by atoms with E-state index in [1.54, 1.807) is 23.1 Å². The van der Waals surface area contributed by atoms with Crippen molar-refractivity contribution in [3.63, 3.8) is 0 Å². The molecule has 0 N–H and O–H groups in total. The number of carbonyl (C=O) groups excluding carboxylic acids is 1. The Hall–Kier alpha value is -1.56. The highest BCUT2D eigenvalue weighted by Crippen LogP contribution is 2.09. The lowest BCUT2D eigenvalue weighted by Gasteiger charge is -1.98. The van der Waals surface area contributed by atoms with Gasteiger partial charge in [0.1, 0.15) is 17.9 Å². The van der Waals surface area contributed by atoms with Gasteiger partial charge in [-0.05, 0) is 6.92 Å². The van der Waals surface area contributed by atoms with Crippen molar-refractivity contribution in [2.45, 2.75) is 19.8 Å². The Morgan fingerprint density at radius 3 is 2.88 bits per heavy atom. The minimum atomic E-state index is 0.112. The number of hydrogen-bond acceptors (Lipinski definition) is 5. The Morgan fingerprint density at radius 1 is 1.50 bits per heavy atom. The Morgan fingerprint density at radius 2 is 2.31 bits per heavy atom. The van der Waals surface area contributed by atoms with Crippen LogP contribution in [0, 0.1) is 6.92 Å². The lowest BCUT2D eigenvalue weighted by molar-refractivity contribution is -0.118. The normalized spacial score (nSPS) is 10.6. The summed E-state index contributed by atoms with van der Waals surface area (Å²) in [4.78, 5) is 20.0. The number of carbonyl (C=O) groups is 1. The second-order valence-electron chi connectivity index (χ2n) is 3.55. The topological polar surface area (TPSA) is 60.7 Å². The lowest BCUT2D eigenvalue weighted by atomic mass is 10.2. The van der Waals surface area contributed by atoms with Crippen molar-refractivity contribution in [1.82, 2.24) is 19.7 Å².